The summed E-state index contributed by atoms with van der Waals surface area (Å²) in [7, 11) is -3.08. The molecule has 49 heavy (non-hydrogen) atoms. The van der Waals surface area contributed by atoms with Crippen LogP contribution in [0, 0.1) is 6.92 Å². The smallest absolute Gasteiger partial charge is 0.390 e. The van der Waals surface area contributed by atoms with E-state index in [0.717, 1.165) is 23.8 Å². The first kappa shape index (κ1) is 41.9. The van der Waals surface area contributed by atoms with E-state index in [-0.39, 0.29) is 18.6 Å². The molecule has 16 heteroatoms. The van der Waals surface area contributed by atoms with Crippen LogP contribution in [0.2, 0.25) is 0 Å². The number of methoxy groups -OCH3 is 1. The van der Waals surface area contributed by atoms with Crippen molar-refractivity contribution in [3.05, 3.63) is 32.6 Å². The van der Waals surface area contributed by atoms with Gasteiger partial charge in [-0.15, -0.1) is 0 Å². The summed E-state index contributed by atoms with van der Waals surface area (Å²) < 4.78 is 48.0. The number of ether oxygens (including phenoxy) is 3. The number of phosphoric acid groups is 1. The summed E-state index contributed by atoms with van der Waals surface area (Å²) in [5.74, 6) is 0. The fourth-order valence-corrected chi connectivity index (χ4v) is 7.23. The third-order valence-corrected chi connectivity index (χ3v) is 10.5. The van der Waals surface area contributed by atoms with Gasteiger partial charge in [0.2, 0.25) is 0 Å². The lowest BCUT2D eigenvalue weighted by Crippen LogP contribution is -2.59. The lowest BCUT2D eigenvalue weighted by atomic mass is 9.99. The van der Waals surface area contributed by atoms with Gasteiger partial charge in [0.1, 0.15) is 36.7 Å². The molecule has 2 fully saturated rings. The minimum Gasteiger partial charge on any atom is -0.390 e. The van der Waals surface area contributed by atoms with E-state index in [1.165, 1.54) is 84.4 Å². The van der Waals surface area contributed by atoms with Crippen LogP contribution in [0.5, 0.6) is 0 Å². The monoisotopic (exact) mass is 722 g/mol. The Bertz CT molecular complexity index is 1240. The molecule has 1 aromatic heterocycles. The summed E-state index contributed by atoms with van der Waals surface area (Å²) in [6.45, 7) is 2.85. The highest BCUT2D eigenvalue weighted by atomic mass is 31.2. The van der Waals surface area contributed by atoms with Crippen molar-refractivity contribution in [1.82, 2.24) is 9.55 Å². The molecule has 1 unspecified atom stereocenters. The van der Waals surface area contributed by atoms with Gasteiger partial charge in [0.25, 0.3) is 5.56 Å². The van der Waals surface area contributed by atoms with Crippen molar-refractivity contribution in [2.45, 2.75) is 159 Å². The summed E-state index contributed by atoms with van der Waals surface area (Å²) >= 11 is 0. The molecule has 3 heterocycles. The van der Waals surface area contributed by atoms with Crippen molar-refractivity contribution in [3.63, 3.8) is 0 Å². The second kappa shape index (κ2) is 21.8. The molecule has 2 saturated heterocycles. The number of unbranched alkanes of at least 4 members (excludes halogenated alkanes) is 13. The van der Waals surface area contributed by atoms with Gasteiger partial charge in [0, 0.05) is 25.3 Å². The van der Waals surface area contributed by atoms with Crippen LogP contribution in [-0.2, 0) is 32.3 Å². The van der Waals surface area contributed by atoms with Gasteiger partial charge >= 0.3 is 13.5 Å². The Morgan fingerprint density at radius 1 is 0.796 bits per heavy atom. The van der Waals surface area contributed by atoms with Crippen molar-refractivity contribution >= 4 is 7.82 Å². The number of hydrogen-bond acceptors (Lipinski definition) is 13. The van der Waals surface area contributed by atoms with E-state index in [2.05, 4.69) is 11.9 Å². The molecule has 0 saturated carbocycles. The molecular formula is C33H59N2O13P. The first-order chi connectivity index (χ1) is 23.5. The summed E-state index contributed by atoms with van der Waals surface area (Å²) in [6, 6.07) is 0. The van der Waals surface area contributed by atoms with Crippen LogP contribution in [0.15, 0.2) is 15.8 Å². The van der Waals surface area contributed by atoms with Gasteiger partial charge in [-0.05, 0) is 13.3 Å². The third-order valence-electron chi connectivity index (χ3n) is 9.10. The van der Waals surface area contributed by atoms with E-state index in [9.17, 15) is 34.6 Å². The molecule has 2 aliphatic rings. The highest BCUT2D eigenvalue weighted by molar-refractivity contribution is 7.48. The van der Waals surface area contributed by atoms with Crippen LogP contribution in [0.3, 0.4) is 0 Å². The van der Waals surface area contributed by atoms with Gasteiger partial charge in [-0.1, -0.05) is 90.4 Å². The molecule has 15 nitrogen and oxygen atoms in total. The Balaban J connectivity index is 1.48. The zero-order valence-corrected chi connectivity index (χ0v) is 30.2. The van der Waals surface area contributed by atoms with E-state index >= 15 is 0 Å². The molecule has 0 radical (unpaired) electrons. The van der Waals surface area contributed by atoms with Crippen LogP contribution in [0.25, 0.3) is 0 Å². The summed E-state index contributed by atoms with van der Waals surface area (Å²) in [6.07, 6.45) is 7.53. The molecule has 1 aromatic rings. The van der Waals surface area contributed by atoms with E-state index in [4.69, 9.17) is 27.8 Å². The number of nitrogens with one attached hydrogen (secondary N) is 1. The van der Waals surface area contributed by atoms with Crippen molar-refractivity contribution in [2.75, 3.05) is 26.9 Å². The standard InChI is InChI=1S/C33H59N2O13P/c1-4-5-6-7-8-9-10-11-12-13-14-15-16-17-18-44-49(42,46-22-26-28(37)29(38)30(39)32(43-3)48-26)45-21-25-24(36)19-27(47-25)35-20-23(2)31(40)34-33(35)41/h20,24-30,32,36-39H,4-19,21-22H2,1-3H3,(H,34,40,41)/t24-,25+,26+,27+,28+,29-,30+,32-,49?/m0/s1. The quantitative estimate of drug-likeness (QED) is 0.0765. The first-order valence-electron chi connectivity index (χ1n) is 17.9. The number of nitrogens with zero attached hydrogens (tertiary/aromatic N) is 1. The van der Waals surface area contributed by atoms with Crippen LogP contribution < -0.4 is 11.2 Å². The second-order valence-corrected chi connectivity index (χ2v) is 14.8. The summed E-state index contributed by atoms with van der Waals surface area (Å²) in [5, 5.41) is 41.3. The van der Waals surface area contributed by atoms with Crippen molar-refractivity contribution in [2.24, 2.45) is 0 Å². The Kier molecular flexibility index (Phi) is 18.6. The van der Waals surface area contributed by atoms with Crippen molar-refractivity contribution in [1.29, 1.82) is 0 Å². The summed E-state index contributed by atoms with van der Waals surface area (Å²) in [4.78, 5) is 26.3. The molecule has 5 N–H and O–H groups in total. The molecule has 9 atom stereocenters. The molecule has 3 rings (SSSR count). The molecule has 0 bridgehead atoms. The molecule has 0 spiro atoms. The zero-order chi connectivity index (χ0) is 35.8. The lowest BCUT2D eigenvalue weighted by Gasteiger charge is -2.39. The lowest BCUT2D eigenvalue weighted by molar-refractivity contribution is -0.293. The van der Waals surface area contributed by atoms with Gasteiger partial charge in [0.15, 0.2) is 6.29 Å². The van der Waals surface area contributed by atoms with Crippen LogP contribution in [-0.4, -0.2) is 99.8 Å². The fourth-order valence-electron chi connectivity index (χ4n) is 6.00. The molecule has 2 aliphatic heterocycles. The summed E-state index contributed by atoms with van der Waals surface area (Å²) in [5.41, 5.74) is -0.945. The predicted molar refractivity (Wildman–Crippen MR) is 180 cm³/mol. The Morgan fingerprint density at radius 3 is 1.92 bits per heavy atom. The number of aliphatic hydroxyl groups is 4. The average Bonchev–Trinajstić information content (AvgIpc) is 3.45. The number of H-pyrrole nitrogens is 1. The maximum atomic E-state index is 13.8. The van der Waals surface area contributed by atoms with Crippen LogP contribution in [0.1, 0.15) is 115 Å². The van der Waals surface area contributed by atoms with Gasteiger partial charge in [-0.25, -0.2) is 9.36 Å². The van der Waals surface area contributed by atoms with E-state index in [1.54, 1.807) is 0 Å². The first-order valence-corrected chi connectivity index (χ1v) is 19.4. The van der Waals surface area contributed by atoms with E-state index in [1.807, 2.05) is 0 Å². The normalized spacial score (nSPS) is 28.6. The van der Waals surface area contributed by atoms with Gasteiger partial charge in [-0.2, -0.15) is 0 Å². The van der Waals surface area contributed by atoms with Gasteiger partial charge in [-0.3, -0.25) is 27.9 Å². The Labute approximate surface area is 288 Å². The molecular weight excluding hydrogens is 663 g/mol. The number of aromatic nitrogens is 2. The number of aromatic amines is 1. The highest BCUT2D eigenvalue weighted by Gasteiger charge is 2.45. The van der Waals surface area contributed by atoms with E-state index < -0.39 is 81.4 Å². The van der Waals surface area contributed by atoms with Crippen LogP contribution >= 0.6 is 7.82 Å². The molecule has 0 aromatic carbocycles. The number of rotatable bonds is 24. The predicted octanol–water partition coefficient (Wildman–Crippen LogP) is 3.59. The molecule has 0 aliphatic carbocycles. The number of aryl methyl sites for hydroxylation is 1. The SMILES string of the molecule is CCCCCCCCCCCCCCCCOP(=O)(OC[C@H]1O[C@H](OC)[C@H](O)[C@@H](O)[C@@H]1O)OC[C@H]1O[C@@H](n2cc(C)c(=O)[nH]c2=O)C[C@@H]1O. The van der Waals surface area contributed by atoms with E-state index in [0.29, 0.717) is 6.42 Å². The Morgan fingerprint density at radius 2 is 1.35 bits per heavy atom. The number of phosphoric ester groups is 1. The van der Waals surface area contributed by atoms with Crippen LogP contribution in [0.4, 0.5) is 0 Å². The minimum atomic E-state index is -4.34. The number of hydrogen-bond donors (Lipinski definition) is 5. The number of aliphatic hydroxyl groups excluding tert-OH is 4. The topological polar surface area (TPSA) is 208 Å². The van der Waals surface area contributed by atoms with Gasteiger partial charge < -0.3 is 34.6 Å². The maximum Gasteiger partial charge on any atom is 0.474 e. The minimum absolute atomic E-state index is 0.00517. The Hall–Kier alpha value is -1.49. The third kappa shape index (κ3) is 13.5. The second-order valence-electron chi connectivity index (χ2n) is 13.1. The van der Waals surface area contributed by atoms with Crippen molar-refractivity contribution < 1.29 is 52.8 Å². The van der Waals surface area contributed by atoms with Gasteiger partial charge in [0.05, 0.1) is 25.9 Å². The molecule has 0 amide bonds. The zero-order valence-electron chi connectivity index (χ0n) is 29.3. The molecule has 284 valence electrons. The highest BCUT2D eigenvalue weighted by Crippen LogP contribution is 2.51. The fraction of sp³-hybridized carbons (Fsp3) is 0.879. The average molecular weight is 723 g/mol. The largest absolute Gasteiger partial charge is 0.474 e. The van der Waals surface area contributed by atoms with Crippen molar-refractivity contribution in [3.8, 4) is 0 Å². The maximum absolute atomic E-state index is 13.8.